The van der Waals surface area contributed by atoms with Crippen molar-refractivity contribution in [3.05, 3.63) is 24.3 Å². The summed E-state index contributed by atoms with van der Waals surface area (Å²) < 4.78 is 2.25. The summed E-state index contributed by atoms with van der Waals surface area (Å²) in [4.78, 5) is 4.47. The normalized spacial score (nSPS) is 24.5. The predicted octanol–water partition coefficient (Wildman–Crippen LogP) is 3.47. The molecule has 2 N–H and O–H groups in total. The van der Waals surface area contributed by atoms with Crippen molar-refractivity contribution in [1.29, 1.82) is 0 Å². The van der Waals surface area contributed by atoms with Crippen LogP contribution in [-0.4, -0.2) is 21.1 Å². The Kier molecular flexibility index (Phi) is 3.20. The van der Waals surface area contributed by atoms with Crippen molar-refractivity contribution in [2.45, 2.75) is 37.0 Å². The second-order valence-corrected chi connectivity index (χ2v) is 6.14. The molecule has 1 aliphatic rings. The van der Waals surface area contributed by atoms with Crippen molar-refractivity contribution in [2.24, 2.45) is 0 Å². The van der Waals surface area contributed by atoms with E-state index in [4.69, 9.17) is 5.73 Å². The molecule has 1 fully saturated rings. The average Bonchev–Trinajstić information content (AvgIpc) is 2.74. The summed E-state index contributed by atoms with van der Waals surface area (Å²) in [5.41, 5.74) is 8.31. The molecule has 1 aromatic heterocycles. The Morgan fingerprint density at radius 3 is 3.00 bits per heavy atom. The van der Waals surface area contributed by atoms with Gasteiger partial charge in [-0.2, -0.15) is 11.8 Å². The number of nitrogens with two attached hydrogens (primary N) is 1. The summed E-state index contributed by atoms with van der Waals surface area (Å²) in [5.74, 6) is 0.669. The summed E-state index contributed by atoms with van der Waals surface area (Å²) in [5, 5.41) is 0.768. The van der Waals surface area contributed by atoms with Crippen LogP contribution in [-0.2, 0) is 0 Å². The molecular weight excluding hydrogens is 242 g/mol. The SMILES string of the molecule is CSC1CCCC(n2c(N)nc3ccccc32)C1. The lowest BCUT2D eigenvalue weighted by atomic mass is 9.94. The van der Waals surface area contributed by atoms with E-state index in [1.807, 2.05) is 23.9 Å². The summed E-state index contributed by atoms with van der Waals surface area (Å²) in [6.45, 7) is 0. The van der Waals surface area contributed by atoms with Gasteiger partial charge in [-0.25, -0.2) is 4.98 Å². The maximum atomic E-state index is 6.12. The minimum Gasteiger partial charge on any atom is -0.369 e. The van der Waals surface area contributed by atoms with E-state index in [2.05, 4.69) is 27.9 Å². The molecule has 1 aromatic carbocycles. The highest BCUT2D eigenvalue weighted by Crippen LogP contribution is 2.37. The molecule has 1 aliphatic carbocycles. The number of fused-ring (bicyclic) bond motifs is 1. The van der Waals surface area contributed by atoms with Crippen molar-refractivity contribution < 1.29 is 0 Å². The summed E-state index contributed by atoms with van der Waals surface area (Å²) >= 11 is 1.98. The Balaban J connectivity index is 2.00. The van der Waals surface area contributed by atoms with E-state index in [1.54, 1.807) is 0 Å². The Labute approximate surface area is 112 Å². The Bertz CT molecular complexity index is 549. The number of hydrogen-bond donors (Lipinski definition) is 1. The number of para-hydroxylation sites is 2. The number of rotatable bonds is 2. The molecule has 0 bridgehead atoms. The molecule has 3 nitrogen and oxygen atoms in total. The van der Waals surface area contributed by atoms with Crippen LogP contribution in [0.2, 0.25) is 0 Å². The molecule has 0 radical (unpaired) electrons. The van der Waals surface area contributed by atoms with Gasteiger partial charge in [0.1, 0.15) is 0 Å². The van der Waals surface area contributed by atoms with Crippen LogP contribution in [0, 0.1) is 0 Å². The predicted molar refractivity (Wildman–Crippen MR) is 79.0 cm³/mol. The Hall–Kier alpha value is -1.16. The molecule has 3 rings (SSSR count). The van der Waals surface area contributed by atoms with Gasteiger partial charge in [-0.3, -0.25) is 0 Å². The van der Waals surface area contributed by atoms with Crippen LogP contribution in [0.15, 0.2) is 24.3 Å². The van der Waals surface area contributed by atoms with Crippen molar-refractivity contribution in [3.63, 3.8) is 0 Å². The number of hydrogen-bond acceptors (Lipinski definition) is 3. The van der Waals surface area contributed by atoms with Crippen LogP contribution in [0.4, 0.5) is 5.95 Å². The van der Waals surface area contributed by atoms with Crippen molar-refractivity contribution in [1.82, 2.24) is 9.55 Å². The molecule has 0 aliphatic heterocycles. The summed E-state index contributed by atoms with van der Waals surface area (Å²) in [6, 6.07) is 8.77. The standard InChI is InChI=1S/C14H19N3S/c1-18-11-6-4-5-10(9-11)17-13-8-3-2-7-12(13)16-14(17)15/h2-3,7-8,10-11H,4-6,9H2,1H3,(H2,15,16). The molecular formula is C14H19N3S. The first-order valence-electron chi connectivity index (χ1n) is 6.55. The molecule has 18 heavy (non-hydrogen) atoms. The molecule has 0 saturated heterocycles. The lowest BCUT2D eigenvalue weighted by molar-refractivity contribution is 0.371. The highest BCUT2D eigenvalue weighted by Gasteiger charge is 2.25. The van der Waals surface area contributed by atoms with Gasteiger partial charge in [0, 0.05) is 11.3 Å². The number of nitrogen functional groups attached to an aromatic ring is 1. The van der Waals surface area contributed by atoms with Gasteiger partial charge < -0.3 is 10.3 Å². The first kappa shape index (κ1) is 11.9. The summed E-state index contributed by atoms with van der Waals surface area (Å²) in [7, 11) is 0. The van der Waals surface area contributed by atoms with Gasteiger partial charge in [0.15, 0.2) is 0 Å². The van der Waals surface area contributed by atoms with Crippen LogP contribution < -0.4 is 5.73 Å². The average molecular weight is 261 g/mol. The third kappa shape index (κ3) is 1.99. The van der Waals surface area contributed by atoms with Crippen LogP contribution in [0.25, 0.3) is 11.0 Å². The van der Waals surface area contributed by atoms with E-state index in [1.165, 1.54) is 31.2 Å². The monoisotopic (exact) mass is 261 g/mol. The number of thioether (sulfide) groups is 1. The van der Waals surface area contributed by atoms with Gasteiger partial charge in [0.05, 0.1) is 11.0 Å². The van der Waals surface area contributed by atoms with E-state index < -0.39 is 0 Å². The van der Waals surface area contributed by atoms with Gasteiger partial charge in [0.2, 0.25) is 5.95 Å². The van der Waals surface area contributed by atoms with Crippen LogP contribution >= 0.6 is 11.8 Å². The maximum absolute atomic E-state index is 6.12. The molecule has 2 atom stereocenters. The maximum Gasteiger partial charge on any atom is 0.201 e. The lowest BCUT2D eigenvalue weighted by Gasteiger charge is -2.29. The molecule has 1 heterocycles. The zero-order valence-electron chi connectivity index (χ0n) is 10.7. The fourth-order valence-corrected chi connectivity index (χ4v) is 3.83. The first-order valence-corrected chi connectivity index (χ1v) is 7.83. The molecule has 96 valence electrons. The van der Waals surface area contributed by atoms with Crippen molar-refractivity contribution in [3.8, 4) is 0 Å². The molecule has 2 aromatic rings. The third-order valence-electron chi connectivity index (χ3n) is 3.92. The number of aromatic nitrogens is 2. The quantitative estimate of drug-likeness (QED) is 0.900. The summed E-state index contributed by atoms with van der Waals surface area (Å²) in [6.07, 6.45) is 7.28. The van der Waals surface area contributed by atoms with Gasteiger partial charge >= 0.3 is 0 Å². The van der Waals surface area contributed by atoms with E-state index >= 15 is 0 Å². The van der Waals surface area contributed by atoms with E-state index in [0.717, 1.165) is 10.8 Å². The van der Waals surface area contributed by atoms with Gasteiger partial charge in [-0.1, -0.05) is 18.6 Å². The van der Waals surface area contributed by atoms with E-state index in [-0.39, 0.29) is 0 Å². The zero-order valence-corrected chi connectivity index (χ0v) is 11.5. The van der Waals surface area contributed by atoms with Gasteiger partial charge in [-0.05, 0) is 37.7 Å². The molecule has 0 amide bonds. The lowest BCUT2D eigenvalue weighted by Crippen LogP contribution is -2.21. The zero-order chi connectivity index (χ0) is 12.5. The fraction of sp³-hybridized carbons (Fsp3) is 0.500. The van der Waals surface area contributed by atoms with E-state index in [9.17, 15) is 0 Å². The van der Waals surface area contributed by atoms with Gasteiger partial charge in [-0.15, -0.1) is 0 Å². The third-order valence-corrected chi connectivity index (χ3v) is 5.01. The molecule has 4 heteroatoms. The Morgan fingerprint density at radius 2 is 2.17 bits per heavy atom. The molecule has 1 saturated carbocycles. The minimum atomic E-state index is 0.517. The van der Waals surface area contributed by atoms with Gasteiger partial charge in [0.25, 0.3) is 0 Å². The van der Waals surface area contributed by atoms with Crippen LogP contribution in [0.3, 0.4) is 0 Å². The second kappa shape index (κ2) is 4.84. The highest BCUT2D eigenvalue weighted by atomic mass is 32.2. The molecule has 2 unspecified atom stereocenters. The number of anilines is 1. The van der Waals surface area contributed by atoms with Crippen molar-refractivity contribution >= 4 is 28.7 Å². The highest BCUT2D eigenvalue weighted by molar-refractivity contribution is 7.99. The van der Waals surface area contributed by atoms with E-state index in [0.29, 0.717) is 12.0 Å². The van der Waals surface area contributed by atoms with Crippen LogP contribution in [0.5, 0.6) is 0 Å². The van der Waals surface area contributed by atoms with Crippen LogP contribution in [0.1, 0.15) is 31.7 Å². The largest absolute Gasteiger partial charge is 0.369 e. The first-order chi connectivity index (χ1) is 8.79. The second-order valence-electron chi connectivity index (χ2n) is 5.01. The number of benzene rings is 1. The number of imidazole rings is 1. The Morgan fingerprint density at radius 1 is 1.33 bits per heavy atom. The molecule has 0 spiro atoms. The topological polar surface area (TPSA) is 43.8 Å². The van der Waals surface area contributed by atoms with Crippen molar-refractivity contribution in [2.75, 3.05) is 12.0 Å². The smallest absolute Gasteiger partial charge is 0.201 e. The fourth-order valence-electron chi connectivity index (χ4n) is 3.02. The number of nitrogens with zero attached hydrogens (tertiary/aromatic N) is 2. The minimum absolute atomic E-state index is 0.517.